The summed E-state index contributed by atoms with van der Waals surface area (Å²) in [4.78, 5) is 32.9. The lowest BCUT2D eigenvalue weighted by molar-refractivity contribution is 0.0950. The van der Waals surface area contributed by atoms with Gasteiger partial charge in [0.05, 0.1) is 11.1 Å². The van der Waals surface area contributed by atoms with Gasteiger partial charge in [-0.05, 0) is 38.2 Å². The molecule has 0 fully saturated rings. The summed E-state index contributed by atoms with van der Waals surface area (Å²) < 4.78 is 0. The fourth-order valence-corrected chi connectivity index (χ4v) is 2.88. The van der Waals surface area contributed by atoms with Gasteiger partial charge in [-0.3, -0.25) is 14.6 Å². The first kappa shape index (κ1) is 17.1. The molecule has 6 heteroatoms. The van der Waals surface area contributed by atoms with Gasteiger partial charge in [0, 0.05) is 37.7 Å². The molecule has 2 amide bonds. The number of hydrogen-bond acceptors (Lipinski definition) is 4. The van der Waals surface area contributed by atoms with Gasteiger partial charge in [-0.15, -0.1) is 0 Å². The Labute approximate surface area is 147 Å². The summed E-state index contributed by atoms with van der Waals surface area (Å²) in [5, 5.41) is 2.84. The largest absolute Gasteiger partial charge is 0.351 e. The SMILES string of the molecule is CN(C)CCNC(=O)c1cncc(C(=O)N2CCc3ccccc32)c1. The van der Waals surface area contributed by atoms with E-state index in [2.05, 4.69) is 10.3 Å². The Bertz CT molecular complexity index is 788. The van der Waals surface area contributed by atoms with E-state index >= 15 is 0 Å². The van der Waals surface area contributed by atoms with Crippen molar-refractivity contribution in [2.24, 2.45) is 0 Å². The Morgan fingerprint density at radius 1 is 1.20 bits per heavy atom. The molecule has 0 saturated carbocycles. The molecule has 0 saturated heterocycles. The normalized spacial score (nSPS) is 13.0. The highest BCUT2D eigenvalue weighted by Gasteiger charge is 2.25. The van der Waals surface area contributed by atoms with Crippen LogP contribution in [0.3, 0.4) is 0 Å². The minimum Gasteiger partial charge on any atom is -0.351 e. The van der Waals surface area contributed by atoms with Gasteiger partial charge in [0.15, 0.2) is 0 Å². The molecule has 0 atom stereocenters. The van der Waals surface area contributed by atoms with E-state index in [9.17, 15) is 9.59 Å². The number of aromatic nitrogens is 1. The third kappa shape index (κ3) is 3.85. The lowest BCUT2D eigenvalue weighted by Gasteiger charge is -2.17. The summed E-state index contributed by atoms with van der Waals surface area (Å²) in [5.41, 5.74) is 2.93. The lowest BCUT2D eigenvalue weighted by Crippen LogP contribution is -2.32. The quantitative estimate of drug-likeness (QED) is 0.899. The maximum atomic E-state index is 12.8. The number of carbonyl (C=O) groups is 2. The van der Waals surface area contributed by atoms with Crippen LogP contribution >= 0.6 is 0 Å². The van der Waals surface area contributed by atoms with E-state index in [1.807, 2.05) is 43.3 Å². The fourth-order valence-electron chi connectivity index (χ4n) is 2.88. The maximum Gasteiger partial charge on any atom is 0.259 e. The van der Waals surface area contributed by atoms with Crippen LogP contribution in [0.4, 0.5) is 5.69 Å². The second kappa shape index (κ2) is 7.44. The van der Waals surface area contributed by atoms with Gasteiger partial charge in [0.25, 0.3) is 11.8 Å². The van der Waals surface area contributed by atoms with E-state index in [4.69, 9.17) is 0 Å². The van der Waals surface area contributed by atoms with E-state index in [0.717, 1.165) is 18.7 Å². The predicted octanol–water partition coefficient (Wildman–Crippen LogP) is 1.58. The van der Waals surface area contributed by atoms with Gasteiger partial charge in [0.1, 0.15) is 0 Å². The van der Waals surface area contributed by atoms with Crippen molar-refractivity contribution >= 4 is 17.5 Å². The number of likely N-dealkylation sites (N-methyl/N-ethyl adjacent to an activating group) is 1. The summed E-state index contributed by atoms with van der Waals surface area (Å²) >= 11 is 0. The van der Waals surface area contributed by atoms with Crippen LogP contribution in [0.1, 0.15) is 26.3 Å². The van der Waals surface area contributed by atoms with Gasteiger partial charge < -0.3 is 15.1 Å². The van der Waals surface area contributed by atoms with E-state index in [-0.39, 0.29) is 11.8 Å². The minimum absolute atomic E-state index is 0.125. The average molecular weight is 338 g/mol. The zero-order valence-electron chi connectivity index (χ0n) is 14.5. The zero-order chi connectivity index (χ0) is 17.8. The molecule has 1 aliphatic heterocycles. The van der Waals surface area contributed by atoms with Gasteiger partial charge in [-0.2, -0.15) is 0 Å². The summed E-state index contributed by atoms with van der Waals surface area (Å²) in [7, 11) is 3.89. The smallest absolute Gasteiger partial charge is 0.259 e. The van der Waals surface area contributed by atoms with E-state index in [0.29, 0.717) is 24.2 Å². The summed E-state index contributed by atoms with van der Waals surface area (Å²) in [6, 6.07) is 9.51. The number of rotatable bonds is 5. The van der Waals surface area contributed by atoms with Crippen molar-refractivity contribution in [2.45, 2.75) is 6.42 Å². The number of anilines is 1. The summed E-state index contributed by atoms with van der Waals surface area (Å²) in [6.07, 6.45) is 3.85. The Balaban J connectivity index is 1.73. The van der Waals surface area contributed by atoms with Crippen LogP contribution in [0.5, 0.6) is 0 Å². The van der Waals surface area contributed by atoms with Crippen molar-refractivity contribution in [3.05, 3.63) is 59.4 Å². The van der Waals surface area contributed by atoms with Crippen LogP contribution in [0.25, 0.3) is 0 Å². The van der Waals surface area contributed by atoms with Crippen LogP contribution in [-0.4, -0.2) is 55.4 Å². The molecule has 1 aliphatic rings. The van der Waals surface area contributed by atoms with Gasteiger partial charge in [-0.1, -0.05) is 18.2 Å². The number of fused-ring (bicyclic) bond motifs is 1. The third-order valence-corrected chi connectivity index (χ3v) is 4.22. The number of nitrogens with one attached hydrogen (secondary N) is 1. The van der Waals surface area contributed by atoms with Gasteiger partial charge in [-0.25, -0.2) is 0 Å². The second-order valence-corrected chi connectivity index (χ2v) is 6.36. The van der Waals surface area contributed by atoms with Crippen LogP contribution < -0.4 is 10.2 Å². The standard InChI is InChI=1S/C19H22N4O2/c1-22(2)10-8-21-18(24)15-11-16(13-20-12-15)19(25)23-9-7-14-5-3-4-6-17(14)23/h3-6,11-13H,7-10H2,1-2H3,(H,21,24). The molecule has 0 radical (unpaired) electrons. The van der Waals surface area contributed by atoms with Crippen LogP contribution in [0.15, 0.2) is 42.7 Å². The number of benzene rings is 1. The molecule has 3 rings (SSSR count). The molecule has 1 aromatic heterocycles. The van der Waals surface area contributed by atoms with Gasteiger partial charge in [0.2, 0.25) is 0 Å². The fraction of sp³-hybridized carbons (Fsp3) is 0.316. The molecule has 25 heavy (non-hydrogen) atoms. The molecule has 0 aliphatic carbocycles. The molecular formula is C19H22N4O2. The van der Waals surface area contributed by atoms with Crippen LogP contribution in [0, 0.1) is 0 Å². The van der Waals surface area contributed by atoms with Crippen molar-refractivity contribution in [1.82, 2.24) is 15.2 Å². The number of hydrogen-bond donors (Lipinski definition) is 1. The van der Waals surface area contributed by atoms with E-state index < -0.39 is 0 Å². The minimum atomic E-state index is -0.217. The highest BCUT2D eigenvalue weighted by atomic mass is 16.2. The third-order valence-electron chi connectivity index (χ3n) is 4.22. The highest BCUT2D eigenvalue weighted by molar-refractivity contribution is 6.08. The first-order valence-electron chi connectivity index (χ1n) is 8.34. The number of carbonyl (C=O) groups excluding carboxylic acids is 2. The summed E-state index contributed by atoms with van der Waals surface area (Å²) in [5.74, 6) is -0.341. The van der Waals surface area contributed by atoms with Gasteiger partial charge >= 0.3 is 0 Å². The molecule has 0 bridgehead atoms. The molecule has 2 heterocycles. The molecule has 1 aromatic carbocycles. The Morgan fingerprint density at radius 3 is 2.76 bits per heavy atom. The number of nitrogens with zero attached hydrogens (tertiary/aromatic N) is 3. The molecule has 0 unspecified atom stereocenters. The topological polar surface area (TPSA) is 65.5 Å². The average Bonchev–Trinajstić information content (AvgIpc) is 3.05. The van der Waals surface area contributed by atoms with Crippen LogP contribution in [-0.2, 0) is 6.42 Å². The molecule has 1 N–H and O–H groups in total. The van der Waals surface area contributed by atoms with Crippen LogP contribution in [0.2, 0.25) is 0 Å². The van der Waals surface area contributed by atoms with Crippen molar-refractivity contribution in [3.63, 3.8) is 0 Å². The lowest BCUT2D eigenvalue weighted by atomic mass is 10.1. The molecule has 130 valence electrons. The molecule has 2 aromatic rings. The first-order valence-corrected chi connectivity index (χ1v) is 8.34. The molecule has 6 nitrogen and oxygen atoms in total. The van der Waals surface area contributed by atoms with Crippen molar-refractivity contribution in [3.8, 4) is 0 Å². The first-order chi connectivity index (χ1) is 12.1. The van der Waals surface area contributed by atoms with Crippen molar-refractivity contribution < 1.29 is 9.59 Å². The molecular weight excluding hydrogens is 316 g/mol. The number of amides is 2. The summed E-state index contributed by atoms with van der Waals surface area (Å²) in [6.45, 7) is 1.95. The second-order valence-electron chi connectivity index (χ2n) is 6.36. The van der Waals surface area contributed by atoms with E-state index in [1.165, 1.54) is 18.0 Å². The van der Waals surface area contributed by atoms with E-state index in [1.54, 1.807) is 11.0 Å². The Morgan fingerprint density at radius 2 is 1.96 bits per heavy atom. The highest BCUT2D eigenvalue weighted by Crippen LogP contribution is 2.28. The zero-order valence-corrected chi connectivity index (χ0v) is 14.5. The number of para-hydroxylation sites is 1. The maximum absolute atomic E-state index is 12.8. The molecule has 0 spiro atoms. The Kier molecular flexibility index (Phi) is 5.09. The van der Waals surface area contributed by atoms with Crippen molar-refractivity contribution in [1.29, 1.82) is 0 Å². The monoisotopic (exact) mass is 338 g/mol. The number of pyridine rings is 1. The van der Waals surface area contributed by atoms with Crippen molar-refractivity contribution in [2.75, 3.05) is 38.6 Å². The Hall–Kier alpha value is -2.73. The predicted molar refractivity (Wildman–Crippen MR) is 96.9 cm³/mol.